The maximum Gasteiger partial charge on any atom is 0.338 e. The summed E-state index contributed by atoms with van der Waals surface area (Å²) in [5.74, 6) is -1.25. The zero-order valence-corrected chi connectivity index (χ0v) is 24.5. The van der Waals surface area contributed by atoms with E-state index in [0.717, 1.165) is 16.2 Å². The Labute approximate surface area is 248 Å². The van der Waals surface area contributed by atoms with Gasteiger partial charge in [-0.05, 0) is 80.9 Å². The van der Waals surface area contributed by atoms with Gasteiger partial charge in [0.05, 0.1) is 29.4 Å². The Morgan fingerprint density at radius 2 is 1.59 bits per heavy atom. The van der Waals surface area contributed by atoms with Gasteiger partial charge >= 0.3 is 12.0 Å². The first-order valence-corrected chi connectivity index (χ1v) is 13.8. The lowest BCUT2D eigenvalue weighted by Crippen LogP contribution is -2.53. The number of carbonyl (C=O) groups is 3. The number of anilines is 2. The van der Waals surface area contributed by atoms with Crippen molar-refractivity contribution in [1.29, 1.82) is 5.26 Å². The van der Waals surface area contributed by atoms with Crippen LogP contribution in [0.5, 0.6) is 0 Å². The molecule has 3 aromatic rings. The van der Waals surface area contributed by atoms with Crippen LogP contribution in [0.1, 0.15) is 48.2 Å². The van der Waals surface area contributed by atoms with Crippen LogP contribution in [0.4, 0.5) is 16.2 Å². The van der Waals surface area contributed by atoms with E-state index in [1.165, 1.54) is 23.1 Å². The Balaban J connectivity index is 1.55. The number of hydrogen-bond acceptors (Lipinski definition) is 6. The molecule has 0 bridgehead atoms. The number of rotatable bonds is 4. The van der Waals surface area contributed by atoms with Crippen LogP contribution in [0.2, 0.25) is 10.0 Å². The number of carbonyl (C=O) groups excluding carboxylic acids is 3. The van der Waals surface area contributed by atoms with Crippen molar-refractivity contribution in [3.05, 3.63) is 93.5 Å². The van der Waals surface area contributed by atoms with Crippen LogP contribution in [0.25, 0.3) is 0 Å². The van der Waals surface area contributed by atoms with Crippen molar-refractivity contribution in [1.82, 2.24) is 4.90 Å². The summed E-state index contributed by atoms with van der Waals surface area (Å²) in [5.41, 5.74) is 0.915. The highest BCUT2D eigenvalue weighted by atomic mass is 35.5. The number of hydrogen-bond donors (Lipinski definition) is 0. The number of esters is 1. The number of imide groups is 1. The highest BCUT2D eigenvalue weighted by Gasteiger charge is 2.64. The molecular weight excluding hydrogens is 563 g/mol. The van der Waals surface area contributed by atoms with Crippen LogP contribution in [0.15, 0.2) is 66.7 Å². The standard InChI is InChI=1S/C31H28Cl2N4O4/c1-30(2,3)41-27(38)21-9-11-24(12-10-21)36-17-26(20-7-5-19(16-34)6-8-20)31(18-36)28(39)37(29(40)35(31)4)25-14-22(32)13-23(33)15-25/h5-15,26H,17-18H2,1-4H3/t26-,31+/m0/s1. The first-order valence-electron chi connectivity index (χ1n) is 13.0. The van der Waals surface area contributed by atoms with E-state index in [0.29, 0.717) is 33.4 Å². The van der Waals surface area contributed by atoms with Gasteiger partial charge in [0, 0.05) is 35.2 Å². The Kier molecular flexibility index (Phi) is 7.22. The predicted molar refractivity (Wildman–Crippen MR) is 158 cm³/mol. The number of ether oxygens (including phenoxy) is 1. The van der Waals surface area contributed by atoms with Crippen molar-refractivity contribution in [3.63, 3.8) is 0 Å². The second-order valence-electron chi connectivity index (χ2n) is 11.2. The lowest BCUT2D eigenvalue weighted by molar-refractivity contribution is -0.124. The molecule has 0 N–H and O–H groups in total. The minimum atomic E-state index is -1.26. The number of amides is 3. The first kappa shape index (κ1) is 28.5. The van der Waals surface area contributed by atoms with Crippen molar-refractivity contribution in [2.75, 3.05) is 29.9 Å². The Bertz CT molecular complexity index is 1560. The summed E-state index contributed by atoms with van der Waals surface area (Å²) < 4.78 is 5.48. The molecule has 0 aliphatic carbocycles. The van der Waals surface area contributed by atoms with Gasteiger partial charge in [-0.15, -0.1) is 0 Å². The van der Waals surface area contributed by atoms with Gasteiger partial charge in [0.1, 0.15) is 11.1 Å². The van der Waals surface area contributed by atoms with Gasteiger partial charge in [-0.3, -0.25) is 4.79 Å². The summed E-state index contributed by atoms with van der Waals surface area (Å²) >= 11 is 12.4. The number of nitrogens with zero attached hydrogens (tertiary/aromatic N) is 4. The number of halogens is 2. The fourth-order valence-electron chi connectivity index (χ4n) is 5.55. The third-order valence-corrected chi connectivity index (χ3v) is 7.91. The van der Waals surface area contributed by atoms with Crippen LogP contribution in [0.3, 0.4) is 0 Å². The Morgan fingerprint density at radius 1 is 0.976 bits per heavy atom. The quantitative estimate of drug-likeness (QED) is 0.263. The van der Waals surface area contributed by atoms with Gasteiger partial charge in [0.25, 0.3) is 5.91 Å². The van der Waals surface area contributed by atoms with Crippen molar-refractivity contribution >= 4 is 52.5 Å². The van der Waals surface area contributed by atoms with E-state index >= 15 is 0 Å². The molecule has 210 valence electrons. The maximum absolute atomic E-state index is 14.4. The molecule has 2 atom stereocenters. The summed E-state index contributed by atoms with van der Waals surface area (Å²) in [6.45, 7) is 6.04. The van der Waals surface area contributed by atoms with Crippen molar-refractivity contribution in [2.45, 2.75) is 37.8 Å². The second kappa shape index (κ2) is 10.4. The number of nitriles is 1. The molecule has 0 radical (unpaired) electrons. The zero-order chi connectivity index (χ0) is 29.7. The van der Waals surface area contributed by atoms with Crippen molar-refractivity contribution < 1.29 is 19.1 Å². The summed E-state index contributed by atoms with van der Waals surface area (Å²) in [5, 5.41) is 9.92. The number of benzene rings is 3. The van der Waals surface area contributed by atoms with E-state index < -0.39 is 35.0 Å². The fourth-order valence-corrected chi connectivity index (χ4v) is 6.06. The first-order chi connectivity index (χ1) is 19.3. The van der Waals surface area contributed by atoms with Crippen LogP contribution >= 0.6 is 23.2 Å². The number of likely N-dealkylation sites (N-methyl/N-ethyl adjacent to an activating group) is 1. The average molecular weight is 591 g/mol. The van der Waals surface area contributed by atoms with Crippen LogP contribution in [-0.4, -0.2) is 54.1 Å². The zero-order valence-electron chi connectivity index (χ0n) is 23.0. The van der Waals surface area contributed by atoms with E-state index in [1.807, 2.05) is 49.9 Å². The smallest absolute Gasteiger partial charge is 0.338 e. The van der Waals surface area contributed by atoms with E-state index in [9.17, 15) is 19.6 Å². The third kappa shape index (κ3) is 5.12. The molecule has 0 saturated carbocycles. The van der Waals surface area contributed by atoms with E-state index in [2.05, 4.69) is 6.07 Å². The van der Waals surface area contributed by atoms with Crippen molar-refractivity contribution in [2.24, 2.45) is 0 Å². The molecule has 3 amide bonds. The minimum absolute atomic E-state index is 0.204. The van der Waals surface area contributed by atoms with Gasteiger partial charge in [-0.25, -0.2) is 14.5 Å². The molecule has 2 heterocycles. The third-order valence-electron chi connectivity index (χ3n) is 7.48. The minimum Gasteiger partial charge on any atom is -0.456 e. The van der Waals surface area contributed by atoms with Gasteiger partial charge in [0.2, 0.25) is 0 Å². The highest BCUT2D eigenvalue weighted by molar-refractivity contribution is 6.36. The summed E-state index contributed by atoms with van der Waals surface area (Å²) in [7, 11) is 1.62. The lowest BCUT2D eigenvalue weighted by atomic mass is 9.80. The molecule has 2 fully saturated rings. The lowest BCUT2D eigenvalue weighted by Gasteiger charge is -2.33. The summed E-state index contributed by atoms with van der Waals surface area (Å²) in [6, 6.07) is 20.3. The second-order valence-corrected chi connectivity index (χ2v) is 12.1. The summed E-state index contributed by atoms with van der Waals surface area (Å²) in [4.78, 5) is 45.3. The molecule has 0 unspecified atom stereocenters. The molecule has 0 aromatic heterocycles. The fraction of sp³-hybridized carbons (Fsp3) is 0.290. The molecule has 2 saturated heterocycles. The number of urea groups is 1. The van der Waals surface area contributed by atoms with E-state index in [1.54, 1.807) is 31.3 Å². The highest BCUT2D eigenvalue weighted by Crippen LogP contribution is 2.47. The van der Waals surface area contributed by atoms with Crippen LogP contribution in [0, 0.1) is 11.3 Å². The largest absolute Gasteiger partial charge is 0.456 e. The molecule has 8 nitrogen and oxygen atoms in total. The average Bonchev–Trinajstić information content (AvgIpc) is 3.40. The molecule has 3 aromatic carbocycles. The van der Waals surface area contributed by atoms with E-state index in [4.69, 9.17) is 27.9 Å². The van der Waals surface area contributed by atoms with Gasteiger partial charge < -0.3 is 14.5 Å². The topological polar surface area (TPSA) is 94.0 Å². The monoisotopic (exact) mass is 590 g/mol. The molecule has 41 heavy (non-hydrogen) atoms. The molecule has 1 spiro atoms. The molecule has 5 rings (SSSR count). The summed E-state index contributed by atoms with van der Waals surface area (Å²) in [6.07, 6.45) is 0. The maximum atomic E-state index is 14.4. The molecule has 2 aliphatic rings. The predicted octanol–water partition coefficient (Wildman–Crippen LogP) is 6.26. The van der Waals surface area contributed by atoms with Crippen LogP contribution in [-0.2, 0) is 9.53 Å². The van der Waals surface area contributed by atoms with E-state index in [-0.39, 0.29) is 6.54 Å². The van der Waals surface area contributed by atoms with Gasteiger partial charge in [-0.1, -0.05) is 35.3 Å². The van der Waals surface area contributed by atoms with Gasteiger partial charge in [-0.2, -0.15) is 5.26 Å². The Morgan fingerprint density at radius 3 is 2.15 bits per heavy atom. The Hall–Kier alpha value is -4.06. The van der Waals surface area contributed by atoms with Gasteiger partial charge in [0.15, 0.2) is 0 Å². The normalized spacial score (nSPS) is 20.6. The molecule has 10 heteroatoms. The van der Waals surface area contributed by atoms with Crippen LogP contribution < -0.4 is 9.80 Å². The molecule has 2 aliphatic heterocycles. The SMILES string of the molecule is CN1C(=O)N(c2cc(Cl)cc(Cl)c2)C(=O)[C@]12CN(c1ccc(C(=O)OC(C)(C)C)cc1)C[C@H]2c1ccc(C#N)cc1. The molecular formula is C31H28Cl2N4O4. The van der Waals surface area contributed by atoms with Crippen molar-refractivity contribution in [3.8, 4) is 6.07 Å².